The number of aliphatic hydroxyl groups excluding tert-OH is 1. The van der Waals surface area contributed by atoms with Gasteiger partial charge in [0.1, 0.15) is 5.82 Å². The minimum absolute atomic E-state index is 0.00134. The summed E-state index contributed by atoms with van der Waals surface area (Å²) < 4.78 is 1.84. The Bertz CT molecular complexity index is 819. The lowest BCUT2D eigenvalue weighted by atomic mass is 9.83. The fraction of sp³-hybridized carbons (Fsp3) is 0.300. The molecule has 3 atom stereocenters. The van der Waals surface area contributed by atoms with Crippen molar-refractivity contribution in [3.8, 4) is 0 Å². The van der Waals surface area contributed by atoms with Crippen molar-refractivity contribution in [3.63, 3.8) is 0 Å². The average molecular weight is 349 g/mol. The summed E-state index contributed by atoms with van der Waals surface area (Å²) in [5, 5.41) is 17.8. The molecule has 1 aliphatic carbocycles. The van der Waals surface area contributed by atoms with E-state index in [0.29, 0.717) is 0 Å². The molecule has 134 valence electrons. The van der Waals surface area contributed by atoms with Gasteiger partial charge in [0.2, 0.25) is 0 Å². The maximum Gasteiger partial charge on any atom is 0.132 e. The number of aliphatic hydroxyl groups is 1. The SMILES string of the molecule is CN(c1ccccc1)c1ccc(CN[C@H]2C[C@@H](O)[C@@H]2n2cccn2)cn1. The predicted octanol–water partition coefficient (Wildman–Crippen LogP) is 2.51. The van der Waals surface area contributed by atoms with E-state index in [1.54, 1.807) is 6.20 Å². The summed E-state index contributed by atoms with van der Waals surface area (Å²) in [4.78, 5) is 6.64. The van der Waals surface area contributed by atoms with Crippen LogP contribution in [-0.2, 0) is 6.54 Å². The predicted molar refractivity (Wildman–Crippen MR) is 101 cm³/mol. The highest BCUT2D eigenvalue weighted by molar-refractivity contribution is 5.58. The van der Waals surface area contributed by atoms with E-state index in [1.165, 1.54) is 0 Å². The Morgan fingerprint density at radius 1 is 1.19 bits per heavy atom. The van der Waals surface area contributed by atoms with Crippen LogP contribution in [0.15, 0.2) is 67.1 Å². The molecule has 0 spiro atoms. The van der Waals surface area contributed by atoms with Crippen molar-refractivity contribution < 1.29 is 5.11 Å². The van der Waals surface area contributed by atoms with Crippen molar-refractivity contribution >= 4 is 11.5 Å². The molecular weight excluding hydrogens is 326 g/mol. The topological polar surface area (TPSA) is 66.2 Å². The Kier molecular flexibility index (Phi) is 4.69. The maximum atomic E-state index is 10.0. The zero-order valence-electron chi connectivity index (χ0n) is 14.7. The van der Waals surface area contributed by atoms with Gasteiger partial charge < -0.3 is 15.3 Å². The number of benzene rings is 1. The number of hydrogen-bond acceptors (Lipinski definition) is 5. The first-order chi connectivity index (χ1) is 12.7. The van der Waals surface area contributed by atoms with Gasteiger partial charge >= 0.3 is 0 Å². The highest BCUT2D eigenvalue weighted by Crippen LogP contribution is 2.32. The van der Waals surface area contributed by atoms with Crippen LogP contribution in [0.5, 0.6) is 0 Å². The van der Waals surface area contributed by atoms with E-state index >= 15 is 0 Å². The number of pyridine rings is 1. The van der Waals surface area contributed by atoms with E-state index in [4.69, 9.17) is 0 Å². The molecule has 26 heavy (non-hydrogen) atoms. The van der Waals surface area contributed by atoms with Gasteiger partial charge in [0.15, 0.2) is 0 Å². The van der Waals surface area contributed by atoms with E-state index in [-0.39, 0.29) is 18.2 Å². The molecule has 1 saturated carbocycles. The number of para-hydroxylation sites is 1. The van der Waals surface area contributed by atoms with Crippen molar-refractivity contribution in [1.29, 1.82) is 0 Å². The van der Waals surface area contributed by atoms with Gasteiger partial charge in [-0.05, 0) is 36.2 Å². The maximum absolute atomic E-state index is 10.0. The molecule has 0 radical (unpaired) electrons. The molecule has 2 heterocycles. The lowest BCUT2D eigenvalue weighted by Gasteiger charge is -2.42. The highest BCUT2D eigenvalue weighted by atomic mass is 16.3. The summed E-state index contributed by atoms with van der Waals surface area (Å²) in [7, 11) is 2.01. The number of nitrogens with one attached hydrogen (secondary N) is 1. The Balaban J connectivity index is 1.36. The monoisotopic (exact) mass is 349 g/mol. The molecule has 6 heteroatoms. The fourth-order valence-electron chi connectivity index (χ4n) is 3.39. The zero-order chi connectivity index (χ0) is 17.9. The van der Waals surface area contributed by atoms with E-state index in [9.17, 15) is 5.11 Å². The number of aromatic nitrogens is 3. The third kappa shape index (κ3) is 3.34. The lowest BCUT2D eigenvalue weighted by molar-refractivity contribution is -0.00822. The summed E-state index contributed by atoms with van der Waals surface area (Å²) in [6.07, 6.45) is 5.95. The molecule has 0 saturated heterocycles. The Labute approximate surface area is 153 Å². The molecule has 1 fully saturated rings. The molecule has 2 aromatic heterocycles. The molecule has 0 amide bonds. The Morgan fingerprint density at radius 2 is 2.04 bits per heavy atom. The van der Waals surface area contributed by atoms with Crippen LogP contribution in [0.2, 0.25) is 0 Å². The van der Waals surface area contributed by atoms with Gasteiger partial charge in [-0.15, -0.1) is 0 Å². The van der Waals surface area contributed by atoms with Crippen molar-refractivity contribution in [2.24, 2.45) is 0 Å². The van der Waals surface area contributed by atoms with Gasteiger partial charge in [-0.2, -0.15) is 5.10 Å². The largest absolute Gasteiger partial charge is 0.391 e. The molecule has 6 nitrogen and oxygen atoms in total. The van der Waals surface area contributed by atoms with Crippen LogP contribution in [0.1, 0.15) is 18.0 Å². The van der Waals surface area contributed by atoms with E-state index in [0.717, 1.165) is 30.0 Å². The van der Waals surface area contributed by atoms with Crippen LogP contribution in [-0.4, -0.2) is 39.1 Å². The van der Waals surface area contributed by atoms with Crippen LogP contribution in [0.4, 0.5) is 11.5 Å². The number of hydrogen-bond donors (Lipinski definition) is 2. The molecule has 3 aromatic rings. The van der Waals surface area contributed by atoms with Crippen LogP contribution in [0.3, 0.4) is 0 Å². The average Bonchev–Trinajstić information content (AvgIpc) is 3.19. The van der Waals surface area contributed by atoms with Crippen molar-refractivity contribution in [2.45, 2.75) is 31.2 Å². The molecule has 4 rings (SSSR count). The van der Waals surface area contributed by atoms with E-state index in [1.807, 2.05) is 54.5 Å². The highest BCUT2D eigenvalue weighted by Gasteiger charge is 2.41. The van der Waals surface area contributed by atoms with Gasteiger partial charge in [-0.25, -0.2) is 4.98 Å². The summed E-state index contributed by atoms with van der Waals surface area (Å²) in [6, 6.07) is 16.4. The molecule has 0 unspecified atom stereocenters. The normalized spacial score (nSPS) is 22.0. The van der Waals surface area contributed by atoms with Crippen molar-refractivity contribution in [1.82, 2.24) is 20.1 Å². The lowest BCUT2D eigenvalue weighted by Crippen LogP contribution is -2.54. The molecule has 2 N–H and O–H groups in total. The smallest absolute Gasteiger partial charge is 0.132 e. The first kappa shape index (κ1) is 16.8. The molecule has 1 aliphatic rings. The van der Waals surface area contributed by atoms with Crippen molar-refractivity contribution in [3.05, 3.63) is 72.7 Å². The summed E-state index contributed by atoms with van der Waals surface area (Å²) >= 11 is 0. The quantitative estimate of drug-likeness (QED) is 0.716. The third-order valence-electron chi connectivity index (χ3n) is 5.00. The van der Waals surface area contributed by atoms with Gasteiger partial charge in [-0.1, -0.05) is 24.3 Å². The number of anilines is 2. The Hall–Kier alpha value is -2.70. The van der Waals surface area contributed by atoms with Crippen LogP contribution < -0.4 is 10.2 Å². The van der Waals surface area contributed by atoms with E-state index in [2.05, 4.69) is 38.5 Å². The Morgan fingerprint density at radius 3 is 2.69 bits per heavy atom. The van der Waals surface area contributed by atoms with Crippen molar-refractivity contribution in [2.75, 3.05) is 11.9 Å². The second kappa shape index (κ2) is 7.27. The number of nitrogens with zero attached hydrogens (tertiary/aromatic N) is 4. The van der Waals surface area contributed by atoms with E-state index < -0.39 is 0 Å². The van der Waals surface area contributed by atoms with Gasteiger partial charge in [0.05, 0.1) is 12.1 Å². The number of rotatable bonds is 6. The summed E-state index contributed by atoms with van der Waals surface area (Å²) in [5.41, 5.74) is 2.23. The molecule has 0 aliphatic heterocycles. The second-order valence-electron chi connectivity index (χ2n) is 6.69. The fourth-order valence-corrected chi connectivity index (χ4v) is 3.39. The standard InChI is InChI=1S/C20H23N5O/c1-24(16-6-3-2-4-7-16)19-9-8-15(14-22-19)13-21-17-12-18(26)20(17)25-11-5-10-23-25/h2-11,14,17-18,20-21,26H,12-13H2,1H3/t17-,18+,20+/m0/s1. The van der Waals surface area contributed by atoms with Crippen LogP contribution in [0, 0.1) is 0 Å². The summed E-state index contributed by atoms with van der Waals surface area (Å²) in [6.45, 7) is 0.720. The molecular formula is C20H23N5O. The van der Waals surface area contributed by atoms with Crippen LogP contribution >= 0.6 is 0 Å². The zero-order valence-corrected chi connectivity index (χ0v) is 14.7. The minimum atomic E-state index is -0.340. The van der Waals surface area contributed by atoms with Gasteiger partial charge in [-0.3, -0.25) is 4.68 Å². The third-order valence-corrected chi connectivity index (χ3v) is 5.00. The minimum Gasteiger partial charge on any atom is -0.391 e. The second-order valence-corrected chi connectivity index (χ2v) is 6.69. The molecule has 0 bridgehead atoms. The van der Waals surface area contributed by atoms with Gasteiger partial charge in [0.25, 0.3) is 0 Å². The van der Waals surface area contributed by atoms with Gasteiger partial charge in [0, 0.05) is 43.9 Å². The molecule has 1 aromatic carbocycles. The summed E-state index contributed by atoms with van der Waals surface area (Å²) in [5.74, 6) is 0.911. The van der Waals surface area contributed by atoms with Crippen LogP contribution in [0.25, 0.3) is 0 Å². The first-order valence-corrected chi connectivity index (χ1v) is 8.86. The first-order valence-electron chi connectivity index (χ1n) is 8.86.